The molecule has 7 nitrogen and oxygen atoms in total. The van der Waals surface area contributed by atoms with E-state index in [2.05, 4.69) is 15.8 Å². The van der Waals surface area contributed by atoms with Crippen LogP contribution in [-0.2, 0) is 4.79 Å². The average molecular weight is 456 g/mol. The number of hydrogen-bond donors (Lipinski definition) is 2. The maximum Gasteiger partial charge on any atom is 0.287 e. The van der Waals surface area contributed by atoms with Crippen LogP contribution in [-0.4, -0.2) is 46.2 Å². The fourth-order valence-corrected chi connectivity index (χ4v) is 3.06. The molecule has 0 saturated heterocycles. The second-order valence-corrected chi connectivity index (χ2v) is 8.05. The van der Waals surface area contributed by atoms with Gasteiger partial charge in [-0.3, -0.25) is 9.59 Å². The lowest BCUT2D eigenvalue weighted by Gasteiger charge is -2.13. The van der Waals surface area contributed by atoms with Gasteiger partial charge in [0.2, 0.25) is 0 Å². The van der Waals surface area contributed by atoms with Crippen molar-refractivity contribution in [1.82, 2.24) is 10.7 Å². The van der Waals surface area contributed by atoms with Crippen LogP contribution in [0.3, 0.4) is 0 Å². The molecule has 2 amide bonds. The van der Waals surface area contributed by atoms with Crippen LogP contribution in [0.4, 0.5) is 11.4 Å². The van der Waals surface area contributed by atoms with Gasteiger partial charge >= 0.3 is 0 Å². The van der Waals surface area contributed by atoms with Gasteiger partial charge in [-0.25, -0.2) is 5.43 Å². The molecule has 0 saturated carbocycles. The second kappa shape index (κ2) is 11.5. The van der Waals surface area contributed by atoms with Crippen molar-refractivity contribution in [2.75, 3.05) is 38.0 Å². The number of carbonyl (C=O) groups excluding carboxylic acids is 2. The van der Waals surface area contributed by atoms with Gasteiger partial charge in [-0.2, -0.15) is 5.10 Å². The Labute approximate surface area is 200 Å². The van der Waals surface area contributed by atoms with E-state index in [0.29, 0.717) is 5.56 Å². The van der Waals surface area contributed by atoms with Gasteiger partial charge < -0.3 is 15.1 Å². The molecule has 0 radical (unpaired) electrons. The monoisotopic (exact) mass is 455 g/mol. The second-order valence-electron chi connectivity index (χ2n) is 8.05. The van der Waals surface area contributed by atoms with Crippen LogP contribution in [0.25, 0.3) is 6.08 Å². The highest BCUT2D eigenvalue weighted by atomic mass is 16.2. The fraction of sp³-hybridized carbons (Fsp3) is 0.148. The lowest BCUT2D eigenvalue weighted by molar-refractivity contribution is -0.117. The van der Waals surface area contributed by atoms with Crippen LogP contribution in [0.15, 0.2) is 89.7 Å². The Kier molecular flexibility index (Phi) is 8.18. The van der Waals surface area contributed by atoms with Crippen molar-refractivity contribution in [3.63, 3.8) is 0 Å². The Bertz CT molecular complexity index is 1170. The molecule has 0 aliphatic rings. The average Bonchev–Trinajstić information content (AvgIpc) is 2.84. The van der Waals surface area contributed by atoms with E-state index in [4.69, 9.17) is 0 Å². The SMILES string of the molecule is CN(C)c1ccc(C=NNC(=O)C(=Cc2ccc(N(C)C)cc2)NC(=O)c2ccccc2)cc1. The van der Waals surface area contributed by atoms with Crippen LogP contribution in [0.2, 0.25) is 0 Å². The van der Waals surface area contributed by atoms with Gasteiger partial charge in [0.25, 0.3) is 11.8 Å². The summed E-state index contributed by atoms with van der Waals surface area (Å²) in [6, 6.07) is 24.1. The minimum absolute atomic E-state index is 0.0894. The molecule has 3 aromatic rings. The van der Waals surface area contributed by atoms with Crippen molar-refractivity contribution in [1.29, 1.82) is 0 Å². The zero-order valence-corrected chi connectivity index (χ0v) is 19.8. The molecule has 0 bridgehead atoms. The third kappa shape index (κ3) is 6.80. The number of benzene rings is 3. The zero-order valence-electron chi connectivity index (χ0n) is 19.8. The predicted octanol–water partition coefficient (Wildman–Crippen LogP) is 3.74. The summed E-state index contributed by atoms with van der Waals surface area (Å²) >= 11 is 0. The molecule has 0 atom stereocenters. The van der Waals surface area contributed by atoms with Gasteiger partial charge in [-0.1, -0.05) is 42.5 Å². The van der Waals surface area contributed by atoms with E-state index in [0.717, 1.165) is 22.5 Å². The quantitative estimate of drug-likeness (QED) is 0.308. The maximum atomic E-state index is 12.9. The molecular formula is C27H29N5O2. The number of nitrogens with zero attached hydrogens (tertiary/aromatic N) is 3. The van der Waals surface area contributed by atoms with Crippen molar-refractivity contribution >= 4 is 35.5 Å². The number of nitrogens with one attached hydrogen (secondary N) is 2. The van der Waals surface area contributed by atoms with Crippen LogP contribution >= 0.6 is 0 Å². The smallest absolute Gasteiger partial charge is 0.287 e. The first-order valence-corrected chi connectivity index (χ1v) is 10.8. The highest BCUT2D eigenvalue weighted by molar-refractivity contribution is 6.05. The van der Waals surface area contributed by atoms with E-state index in [-0.39, 0.29) is 11.6 Å². The van der Waals surface area contributed by atoms with E-state index in [1.165, 1.54) is 0 Å². The third-order valence-electron chi connectivity index (χ3n) is 5.04. The first-order chi connectivity index (χ1) is 16.3. The Balaban J connectivity index is 1.78. The molecule has 0 unspecified atom stereocenters. The van der Waals surface area contributed by atoms with Crippen LogP contribution in [0.1, 0.15) is 21.5 Å². The van der Waals surface area contributed by atoms with Gasteiger partial charge in [0.1, 0.15) is 5.70 Å². The number of carbonyl (C=O) groups is 2. The van der Waals surface area contributed by atoms with Crippen molar-refractivity contribution < 1.29 is 9.59 Å². The molecule has 0 heterocycles. The predicted molar refractivity (Wildman–Crippen MR) is 139 cm³/mol. The molecule has 3 aromatic carbocycles. The molecular weight excluding hydrogens is 426 g/mol. The summed E-state index contributed by atoms with van der Waals surface area (Å²) in [4.78, 5) is 29.6. The molecule has 0 fully saturated rings. The molecule has 34 heavy (non-hydrogen) atoms. The van der Waals surface area contributed by atoms with Gasteiger partial charge in [0.05, 0.1) is 6.21 Å². The zero-order chi connectivity index (χ0) is 24.5. The molecule has 0 aliphatic heterocycles. The summed E-state index contributed by atoms with van der Waals surface area (Å²) < 4.78 is 0. The number of rotatable bonds is 8. The first-order valence-electron chi connectivity index (χ1n) is 10.8. The fourth-order valence-electron chi connectivity index (χ4n) is 3.06. The largest absolute Gasteiger partial charge is 0.378 e. The van der Waals surface area contributed by atoms with Crippen molar-refractivity contribution in [3.05, 3.63) is 101 Å². The number of amides is 2. The van der Waals surface area contributed by atoms with Crippen LogP contribution < -0.4 is 20.5 Å². The maximum absolute atomic E-state index is 12.9. The Morgan fingerprint density at radius 2 is 1.26 bits per heavy atom. The molecule has 2 N–H and O–H groups in total. The third-order valence-corrected chi connectivity index (χ3v) is 5.04. The van der Waals surface area contributed by atoms with Gasteiger partial charge in [-0.15, -0.1) is 0 Å². The van der Waals surface area contributed by atoms with Crippen molar-refractivity contribution in [3.8, 4) is 0 Å². The Hall–Kier alpha value is -4.39. The van der Waals surface area contributed by atoms with E-state index < -0.39 is 5.91 Å². The van der Waals surface area contributed by atoms with Crippen molar-refractivity contribution in [2.45, 2.75) is 0 Å². The number of hydrazone groups is 1. The summed E-state index contributed by atoms with van der Waals surface area (Å²) in [6.07, 6.45) is 3.18. The van der Waals surface area contributed by atoms with E-state index in [1.807, 2.05) is 92.6 Å². The topological polar surface area (TPSA) is 77.0 Å². The summed E-state index contributed by atoms with van der Waals surface area (Å²) in [5, 5.41) is 6.77. The molecule has 174 valence electrons. The first kappa shape index (κ1) is 24.3. The summed E-state index contributed by atoms with van der Waals surface area (Å²) in [7, 11) is 7.84. The molecule has 0 spiro atoms. The lowest BCUT2D eigenvalue weighted by Crippen LogP contribution is -2.32. The minimum Gasteiger partial charge on any atom is -0.378 e. The molecule has 0 aromatic heterocycles. The normalized spacial score (nSPS) is 11.2. The molecule has 3 rings (SSSR count). The molecule has 7 heteroatoms. The lowest BCUT2D eigenvalue weighted by atomic mass is 10.1. The Morgan fingerprint density at radius 1 is 0.735 bits per heavy atom. The van der Waals surface area contributed by atoms with Gasteiger partial charge in [0.15, 0.2) is 0 Å². The standard InChI is InChI=1S/C27H29N5O2/c1-31(2)23-14-10-20(11-15-23)18-25(29-26(33)22-8-6-5-7-9-22)27(34)30-28-19-21-12-16-24(17-13-21)32(3)4/h5-19H,1-4H3,(H,29,33)(H,30,34). The highest BCUT2D eigenvalue weighted by Crippen LogP contribution is 2.15. The summed E-state index contributed by atoms with van der Waals surface area (Å²) in [6.45, 7) is 0. The minimum atomic E-state index is -0.526. The van der Waals surface area contributed by atoms with E-state index >= 15 is 0 Å². The number of anilines is 2. The van der Waals surface area contributed by atoms with Gasteiger partial charge in [-0.05, 0) is 53.6 Å². The highest BCUT2D eigenvalue weighted by Gasteiger charge is 2.14. The Morgan fingerprint density at radius 3 is 1.79 bits per heavy atom. The van der Waals surface area contributed by atoms with Crippen molar-refractivity contribution in [2.24, 2.45) is 5.10 Å². The van der Waals surface area contributed by atoms with Crippen LogP contribution in [0, 0.1) is 0 Å². The van der Waals surface area contributed by atoms with Crippen LogP contribution in [0.5, 0.6) is 0 Å². The van der Waals surface area contributed by atoms with E-state index in [9.17, 15) is 9.59 Å². The summed E-state index contributed by atoms with van der Waals surface area (Å²) in [5.41, 5.74) is 6.75. The van der Waals surface area contributed by atoms with Gasteiger partial charge in [0, 0.05) is 45.1 Å². The van der Waals surface area contributed by atoms with E-state index in [1.54, 1.807) is 36.6 Å². The summed E-state index contributed by atoms with van der Waals surface area (Å²) in [5.74, 6) is -0.905. The number of hydrogen-bond acceptors (Lipinski definition) is 5. The molecule has 0 aliphatic carbocycles.